The molecule has 0 spiro atoms. The van der Waals surface area contributed by atoms with Crippen molar-refractivity contribution < 1.29 is 5.11 Å². The maximum absolute atomic E-state index is 9.40. The van der Waals surface area contributed by atoms with Gasteiger partial charge in [0.1, 0.15) is 0 Å². The van der Waals surface area contributed by atoms with Gasteiger partial charge in [0.15, 0.2) is 0 Å². The van der Waals surface area contributed by atoms with Crippen LogP contribution in [-0.2, 0) is 6.42 Å². The number of pyridine rings is 1. The molecule has 64 valence electrons. The molecule has 0 aliphatic heterocycles. The van der Waals surface area contributed by atoms with Crippen LogP contribution < -0.4 is 0 Å². The minimum Gasteiger partial charge on any atom is -0.392 e. The predicted molar refractivity (Wildman–Crippen MR) is 48.8 cm³/mol. The van der Waals surface area contributed by atoms with Crippen LogP contribution in [0.1, 0.15) is 12.0 Å². The number of hydrogen-bond acceptors (Lipinski definition) is 2. The molecule has 0 aliphatic carbocycles. The third-order valence-corrected chi connectivity index (χ3v) is 1.63. The topological polar surface area (TPSA) is 33.1 Å². The Morgan fingerprint density at radius 3 is 3.08 bits per heavy atom. The van der Waals surface area contributed by atoms with Crippen LogP contribution in [0, 0.1) is 0 Å². The van der Waals surface area contributed by atoms with E-state index in [2.05, 4.69) is 11.6 Å². The summed E-state index contributed by atoms with van der Waals surface area (Å²) in [5.74, 6) is 0. The van der Waals surface area contributed by atoms with E-state index in [0.717, 1.165) is 5.56 Å². The molecular weight excluding hydrogens is 150 g/mol. The summed E-state index contributed by atoms with van der Waals surface area (Å²) >= 11 is 0. The van der Waals surface area contributed by atoms with Gasteiger partial charge in [-0.2, -0.15) is 0 Å². The Morgan fingerprint density at radius 2 is 2.50 bits per heavy atom. The van der Waals surface area contributed by atoms with E-state index in [1.54, 1.807) is 18.5 Å². The van der Waals surface area contributed by atoms with Gasteiger partial charge < -0.3 is 5.11 Å². The summed E-state index contributed by atoms with van der Waals surface area (Å²) in [5, 5.41) is 9.40. The Labute approximate surface area is 72.6 Å². The van der Waals surface area contributed by atoms with E-state index in [1.165, 1.54) is 0 Å². The van der Waals surface area contributed by atoms with Gasteiger partial charge in [-0.3, -0.25) is 4.98 Å². The second kappa shape index (κ2) is 4.67. The molecule has 12 heavy (non-hydrogen) atoms. The molecule has 1 atom stereocenters. The first-order chi connectivity index (χ1) is 5.83. The van der Waals surface area contributed by atoms with Crippen molar-refractivity contribution in [2.75, 3.05) is 0 Å². The molecule has 0 radical (unpaired) electrons. The minimum atomic E-state index is -0.327. The van der Waals surface area contributed by atoms with Crippen LogP contribution >= 0.6 is 0 Å². The molecule has 0 aromatic carbocycles. The second-order valence-electron chi connectivity index (χ2n) is 2.74. The number of aliphatic hydroxyl groups is 1. The normalized spacial score (nSPS) is 12.4. The van der Waals surface area contributed by atoms with Gasteiger partial charge in [0.05, 0.1) is 6.10 Å². The van der Waals surface area contributed by atoms with Gasteiger partial charge in [-0.1, -0.05) is 12.1 Å². The first-order valence-corrected chi connectivity index (χ1v) is 4.01. The Hall–Kier alpha value is -1.15. The maximum Gasteiger partial charge on any atom is 0.0615 e. The van der Waals surface area contributed by atoms with E-state index in [1.807, 2.05) is 12.1 Å². The van der Waals surface area contributed by atoms with Crippen molar-refractivity contribution in [3.63, 3.8) is 0 Å². The molecule has 0 bridgehead atoms. The molecule has 2 nitrogen and oxygen atoms in total. The third-order valence-electron chi connectivity index (χ3n) is 1.63. The quantitative estimate of drug-likeness (QED) is 0.683. The number of hydrogen-bond donors (Lipinski definition) is 1. The summed E-state index contributed by atoms with van der Waals surface area (Å²) < 4.78 is 0. The number of rotatable bonds is 4. The minimum absolute atomic E-state index is 0.327. The summed E-state index contributed by atoms with van der Waals surface area (Å²) in [7, 11) is 0. The molecule has 0 fully saturated rings. The molecule has 0 aliphatic rings. The molecule has 0 saturated heterocycles. The zero-order chi connectivity index (χ0) is 8.81. The molecule has 1 heterocycles. The lowest BCUT2D eigenvalue weighted by Gasteiger charge is -2.06. The van der Waals surface area contributed by atoms with Crippen LogP contribution in [0.3, 0.4) is 0 Å². The molecular formula is C10H13NO. The first-order valence-electron chi connectivity index (χ1n) is 4.01. The van der Waals surface area contributed by atoms with Gasteiger partial charge in [-0.25, -0.2) is 0 Å². The molecule has 1 aromatic rings. The van der Waals surface area contributed by atoms with Crippen molar-refractivity contribution in [3.05, 3.63) is 42.7 Å². The van der Waals surface area contributed by atoms with E-state index >= 15 is 0 Å². The third kappa shape index (κ3) is 2.84. The van der Waals surface area contributed by atoms with Gasteiger partial charge in [-0.05, 0) is 18.1 Å². The van der Waals surface area contributed by atoms with Gasteiger partial charge in [-0.15, -0.1) is 6.58 Å². The summed E-state index contributed by atoms with van der Waals surface area (Å²) in [5.41, 5.74) is 1.06. The highest BCUT2D eigenvalue weighted by Crippen LogP contribution is 2.03. The average molecular weight is 163 g/mol. The van der Waals surface area contributed by atoms with E-state index < -0.39 is 0 Å². The Balaban J connectivity index is 2.46. The molecule has 0 amide bonds. The number of nitrogens with zero attached hydrogens (tertiary/aromatic N) is 1. The molecule has 1 unspecified atom stereocenters. The van der Waals surface area contributed by atoms with E-state index in [0.29, 0.717) is 12.8 Å². The van der Waals surface area contributed by atoms with Crippen LogP contribution in [-0.4, -0.2) is 16.2 Å². The van der Waals surface area contributed by atoms with Crippen LogP contribution in [0.25, 0.3) is 0 Å². The second-order valence-corrected chi connectivity index (χ2v) is 2.74. The summed E-state index contributed by atoms with van der Waals surface area (Å²) in [6, 6.07) is 3.83. The fourth-order valence-corrected chi connectivity index (χ4v) is 1.07. The molecule has 1 aromatic heterocycles. The van der Waals surface area contributed by atoms with Gasteiger partial charge in [0, 0.05) is 18.8 Å². The Bertz CT molecular complexity index is 233. The lowest BCUT2D eigenvalue weighted by atomic mass is 10.1. The Kier molecular flexibility index (Phi) is 3.48. The summed E-state index contributed by atoms with van der Waals surface area (Å²) in [6.07, 6.45) is 6.18. The molecule has 1 N–H and O–H groups in total. The lowest BCUT2D eigenvalue weighted by molar-refractivity contribution is 0.178. The lowest BCUT2D eigenvalue weighted by Crippen LogP contribution is -2.08. The molecule has 0 saturated carbocycles. The monoisotopic (exact) mass is 163 g/mol. The van der Waals surface area contributed by atoms with Crippen molar-refractivity contribution >= 4 is 0 Å². The summed E-state index contributed by atoms with van der Waals surface area (Å²) in [4.78, 5) is 3.96. The average Bonchev–Trinajstić information content (AvgIpc) is 2.06. The van der Waals surface area contributed by atoms with E-state index in [4.69, 9.17) is 0 Å². The van der Waals surface area contributed by atoms with Gasteiger partial charge in [0.25, 0.3) is 0 Å². The molecule has 1 rings (SSSR count). The zero-order valence-electron chi connectivity index (χ0n) is 6.98. The Morgan fingerprint density at radius 1 is 1.67 bits per heavy atom. The van der Waals surface area contributed by atoms with Crippen LogP contribution in [0.15, 0.2) is 37.2 Å². The SMILES string of the molecule is C=CCC(O)Cc1cccnc1. The largest absolute Gasteiger partial charge is 0.392 e. The smallest absolute Gasteiger partial charge is 0.0615 e. The van der Waals surface area contributed by atoms with Crippen LogP contribution in [0.5, 0.6) is 0 Å². The van der Waals surface area contributed by atoms with Gasteiger partial charge in [0.2, 0.25) is 0 Å². The van der Waals surface area contributed by atoms with Gasteiger partial charge >= 0.3 is 0 Å². The highest BCUT2D eigenvalue weighted by atomic mass is 16.3. The van der Waals surface area contributed by atoms with Crippen LogP contribution in [0.4, 0.5) is 0 Å². The predicted octanol–water partition coefficient (Wildman–Crippen LogP) is 1.56. The number of aromatic nitrogens is 1. The van der Waals surface area contributed by atoms with Crippen molar-refractivity contribution in [1.29, 1.82) is 0 Å². The first kappa shape index (κ1) is 8.94. The fourth-order valence-electron chi connectivity index (χ4n) is 1.07. The number of aliphatic hydroxyl groups excluding tert-OH is 1. The zero-order valence-corrected chi connectivity index (χ0v) is 6.98. The highest BCUT2D eigenvalue weighted by Gasteiger charge is 2.02. The van der Waals surface area contributed by atoms with E-state index in [-0.39, 0.29) is 6.10 Å². The summed E-state index contributed by atoms with van der Waals surface area (Å²) in [6.45, 7) is 3.57. The fraction of sp³-hybridized carbons (Fsp3) is 0.300. The van der Waals surface area contributed by atoms with Crippen molar-refractivity contribution in [2.24, 2.45) is 0 Å². The van der Waals surface area contributed by atoms with Crippen molar-refractivity contribution in [1.82, 2.24) is 4.98 Å². The molecule has 2 heteroatoms. The van der Waals surface area contributed by atoms with Crippen molar-refractivity contribution in [3.8, 4) is 0 Å². The highest BCUT2D eigenvalue weighted by molar-refractivity contribution is 5.09. The van der Waals surface area contributed by atoms with E-state index in [9.17, 15) is 5.11 Å². The standard InChI is InChI=1S/C10H13NO/c1-2-4-10(12)7-9-5-3-6-11-8-9/h2-3,5-6,8,10,12H,1,4,7H2. The van der Waals surface area contributed by atoms with Crippen molar-refractivity contribution in [2.45, 2.75) is 18.9 Å². The maximum atomic E-state index is 9.40. The van der Waals surface area contributed by atoms with Crippen LogP contribution in [0.2, 0.25) is 0 Å².